The Hall–Kier alpha value is -2.12. The minimum Gasteiger partial charge on any atom is -0.258 e. The van der Waals surface area contributed by atoms with E-state index >= 15 is 0 Å². The van der Waals surface area contributed by atoms with Crippen LogP contribution in [0, 0.1) is 17.0 Å². The summed E-state index contributed by atoms with van der Waals surface area (Å²) in [6.45, 7) is 1.88. The average Bonchev–Trinajstić information content (AvgIpc) is 2.84. The molecule has 0 aliphatic carbocycles. The van der Waals surface area contributed by atoms with E-state index in [1.807, 2.05) is 12.3 Å². The van der Waals surface area contributed by atoms with Crippen molar-refractivity contribution in [1.82, 2.24) is 15.0 Å². The van der Waals surface area contributed by atoms with Gasteiger partial charge in [-0.3, -0.25) is 10.1 Å². The molecule has 0 amide bonds. The van der Waals surface area contributed by atoms with Crippen LogP contribution < -0.4 is 0 Å². The molecule has 0 bridgehead atoms. The lowest BCUT2D eigenvalue weighted by Gasteiger charge is -2.03. The molecule has 0 aliphatic heterocycles. The Kier molecular flexibility index (Phi) is 3.07. The Bertz CT molecular complexity index is 833. The van der Waals surface area contributed by atoms with Gasteiger partial charge in [0, 0.05) is 11.4 Å². The minimum atomic E-state index is -0.496. The van der Waals surface area contributed by atoms with Crippen LogP contribution in [0.25, 0.3) is 22.4 Å². The van der Waals surface area contributed by atoms with Crippen molar-refractivity contribution in [3.63, 3.8) is 0 Å². The fraction of sp³-hybridized carbons (Fsp3) is 0.0833. The summed E-state index contributed by atoms with van der Waals surface area (Å²) >= 11 is 7.56. The molecule has 2 aromatic heterocycles. The van der Waals surface area contributed by atoms with Crippen molar-refractivity contribution in [2.45, 2.75) is 6.92 Å². The van der Waals surface area contributed by atoms with Crippen LogP contribution >= 0.6 is 22.9 Å². The highest BCUT2D eigenvalue weighted by atomic mass is 35.5. The summed E-state index contributed by atoms with van der Waals surface area (Å²) in [4.78, 5) is 23.2. The van der Waals surface area contributed by atoms with Crippen LogP contribution in [0.15, 0.2) is 23.6 Å². The fourth-order valence-corrected chi connectivity index (χ4v) is 2.72. The molecule has 20 heavy (non-hydrogen) atoms. The Morgan fingerprint density at radius 1 is 1.30 bits per heavy atom. The first-order chi connectivity index (χ1) is 9.56. The molecule has 0 saturated heterocycles. The number of nitrogens with zero attached hydrogens (tertiary/aromatic N) is 4. The standard InChI is InChI=1S/C12H7ClN4O2S/c1-6-14-8(5-20-6)12-15-7-3-2-4-9(17(18)19)10(7)11(13)16-12/h2-5H,1H3. The van der Waals surface area contributed by atoms with Crippen molar-refractivity contribution in [3.8, 4) is 11.5 Å². The highest BCUT2D eigenvalue weighted by molar-refractivity contribution is 7.09. The second kappa shape index (κ2) is 4.77. The van der Waals surface area contributed by atoms with Gasteiger partial charge in [0.1, 0.15) is 16.2 Å². The Labute approximate surface area is 122 Å². The first kappa shape index (κ1) is 12.9. The number of hydrogen-bond acceptors (Lipinski definition) is 6. The molecule has 3 aromatic rings. The molecule has 8 heteroatoms. The third kappa shape index (κ3) is 2.10. The van der Waals surface area contributed by atoms with Crippen molar-refractivity contribution in [2.75, 3.05) is 0 Å². The van der Waals surface area contributed by atoms with Gasteiger partial charge in [-0.05, 0) is 13.0 Å². The number of nitro groups is 1. The molecule has 0 aliphatic rings. The van der Waals surface area contributed by atoms with Crippen LogP contribution in [0.4, 0.5) is 5.69 Å². The number of non-ortho nitro benzene ring substituents is 1. The van der Waals surface area contributed by atoms with Gasteiger partial charge >= 0.3 is 0 Å². The number of nitro benzene ring substituents is 1. The molecule has 0 N–H and O–H groups in total. The van der Waals surface area contributed by atoms with Gasteiger partial charge in [-0.2, -0.15) is 0 Å². The average molecular weight is 307 g/mol. The summed E-state index contributed by atoms with van der Waals surface area (Å²) in [6.07, 6.45) is 0. The summed E-state index contributed by atoms with van der Waals surface area (Å²) in [5, 5.41) is 14.0. The van der Waals surface area contributed by atoms with Crippen LogP contribution in [-0.4, -0.2) is 19.9 Å². The van der Waals surface area contributed by atoms with Gasteiger partial charge in [0.25, 0.3) is 5.69 Å². The van der Waals surface area contributed by atoms with E-state index in [9.17, 15) is 10.1 Å². The van der Waals surface area contributed by atoms with Gasteiger partial charge in [0.05, 0.1) is 15.4 Å². The van der Waals surface area contributed by atoms with E-state index in [0.717, 1.165) is 5.01 Å². The molecule has 3 rings (SSSR count). The van der Waals surface area contributed by atoms with E-state index in [2.05, 4.69) is 15.0 Å². The molecule has 0 unspecified atom stereocenters. The predicted molar refractivity (Wildman–Crippen MR) is 77.0 cm³/mol. The van der Waals surface area contributed by atoms with E-state index in [-0.39, 0.29) is 16.2 Å². The molecule has 100 valence electrons. The second-order valence-electron chi connectivity index (χ2n) is 4.02. The van der Waals surface area contributed by atoms with Crippen LogP contribution in [0.2, 0.25) is 5.15 Å². The van der Waals surface area contributed by atoms with Crippen molar-refractivity contribution in [2.24, 2.45) is 0 Å². The number of aryl methyl sites for hydroxylation is 1. The molecule has 6 nitrogen and oxygen atoms in total. The van der Waals surface area contributed by atoms with E-state index in [1.54, 1.807) is 12.1 Å². The summed E-state index contributed by atoms with van der Waals surface area (Å²) in [7, 11) is 0. The van der Waals surface area contributed by atoms with Crippen molar-refractivity contribution < 1.29 is 4.92 Å². The van der Waals surface area contributed by atoms with Gasteiger partial charge in [-0.1, -0.05) is 17.7 Å². The van der Waals surface area contributed by atoms with Gasteiger partial charge in [0.2, 0.25) is 0 Å². The van der Waals surface area contributed by atoms with Crippen LogP contribution in [0.5, 0.6) is 0 Å². The normalized spacial score (nSPS) is 10.9. The van der Waals surface area contributed by atoms with Crippen LogP contribution in [0.3, 0.4) is 0 Å². The molecular formula is C12H7ClN4O2S. The third-order valence-electron chi connectivity index (χ3n) is 2.70. The predicted octanol–water partition coefficient (Wildman–Crippen LogP) is 3.62. The van der Waals surface area contributed by atoms with Crippen LogP contribution in [0.1, 0.15) is 5.01 Å². The summed E-state index contributed by atoms with van der Waals surface area (Å²) in [5.74, 6) is 0.368. The molecule has 0 fully saturated rings. The monoisotopic (exact) mass is 306 g/mol. The lowest BCUT2D eigenvalue weighted by Crippen LogP contribution is -1.96. The quantitative estimate of drug-likeness (QED) is 0.410. The molecule has 2 heterocycles. The van der Waals surface area contributed by atoms with Crippen molar-refractivity contribution in [3.05, 3.63) is 43.9 Å². The number of aromatic nitrogens is 3. The first-order valence-corrected chi connectivity index (χ1v) is 6.85. The van der Waals surface area contributed by atoms with E-state index < -0.39 is 4.92 Å². The molecule has 0 atom stereocenters. The SMILES string of the molecule is Cc1nc(-c2nc(Cl)c3c([N+](=O)[O-])cccc3n2)cs1. The Morgan fingerprint density at radius 2 is 2.10 bits per heavy atom. The third-order valence-corrected chi connectivity index (χ3v) is 3.75. The first-order valence-electron chi connectivity index (χ1n) is 5.59. The summed E-state index contributed by atoms with van der Waals surface area (Å²) in [5.41, 5.74) is 0.941. The van der Waals surface area contributed by atoms with Gasteiger partial charge < -0.3 is 0 Å². The van der Waals surface area contributed by atoms with Gasteiger partial charge in [0.15, 0.2) is 5.82 Å². The summed E-state index contributed by atoms with van der Waals surface area (Å²) < 4.78 is 0. The molecular weight excluding hydrogens is 300 g/mol. The second-order valence-corrected chi connectivity index (χ2v) is 5.44. The lowest BCUT2D eigenvalue weighted by molar-refractivity contribution is -0.383. The number of thiazole rings is 1. The zero-order valence-corrected chi connectivity index (χ0v) is 11.8. The maximum absolute atomic E-state index is 11.0. The molecule has 0 saturated carbocycles. The molecule has 0 spiro atoms. The van der Waals surface area contributed by atoms with Gasteiger partial charge in [-0.15, -0.1) is 11.3 Å². The number of halogens is 1. The van der Waals surface area contributed by atoms with E-state index in [0.29, 0.717) is 17.0 Å². The number of hydrogen-bond donors (Lipinski definition) is 0. The van der Waals surface area contributed by atoms with Crippen LogP contribution in [-0.2, 0) is 0 Å². The molecule has 0 radical (unpaired) electrons. The van der Waals surface area contributed by atoms with E-state index in [4.69, 9.17) is 11.6 Å². The number of benzene rings is 1. The number of fused-ring (bicyclic) bond motifs is 1. The Balaban J connectivity index is 2.28. The lowest BCUT2D eigenvalue weighted by atomic mass is 10.2. The highest BCUT2D eigenvalue weighted by Crippen LogP contribution is 2.31. The Morgan fingerprint density at radius 3 is 2.75 bits per heavy atom. The fourth-order valence-electron chi connectivity index (χ4n) is 1.85. The zero-order valence-electron chi connectivity index (χ0n) is 10.2. The highest BCUT2D eigenvalue weighted by Gasteiger charge is 2.18. The van der Waals surface area contributed by atoms with E-state index in [1.165, 1.54) is 17.4 Å². The van der Waals surface area contributed by atoms with Crippen molar-refractivity contribution in [1.29, 1.82) is 0 Å². The minimum absolute atomic E-state index is 0.0583. The zero-order chi connectivity index (χ0) is 14.3. The summed E-state index contributed by atoms with van der Waals surface area (Å²) in [6, 6.07) is 4.61. The topological polar surface area (TPSA) is 81.8 Å². The van der Waals surface area contributed by atoms with Gasteiger partial charge in [-0.25, -0.2) is 15.0 Å². The maximum Gasteiger partial charge on any atom is 0.281 e. The largest absolute Gasteiger partial charge is 0.281 e. The maximum atomic E-state index is 11.0. The smallest absolute Gasteiger partial charge is 0.258 e. The van der Waals surface area contributed by atoms with Crippen molar-refractivity contribution >= 4 is 39.5 Å². The number of rotatable bonds is 2. The molecule has 1 aromatic carbocycles.